The van der Waals surface area contributed by atoms with Crippen molar-refractivity contribution in [3.8, 4) is 11.8 Å². The zero-order valence-corrected chi connectivity index (χ0v) is 7.99. The number of hydrogen-bond acceptors (Lipinski definition) is 3. The summed E-state index contributed by atoms with van der Waals surface area (Å²) in [6.07, 6.45) is 2.95. The molecule has 74 valence electrons. The van der Waals surface area contributed by atoms with Crippen molar-refractivity contribution in [3.05, 3.63) is 35.9 Å². The van der Waals surface area contributed by atoms with Crippen LogP contribution >= 0.6 is 0 Å². The van der Waals surface area contributed by atoms with Gasteiger partial charge in [0.25, 0.3) is 0 Å². The summed E-state index contributed by atoms with van der Waals surface area (Å²) in [5.41, 5.74) is 0.338. The lowest BCUT2D eigenvalue weighted by Crippen LogP contribution is -1.90. The summed E-state index contributed by atoms with van der Waals surface area (Å²) in [6, 6.07) is 4.54. The fourth-order valence-electron chi connectivity index (χ4n) is 1.46. The van der Waals surface area contributed by atoms with Gasteiger partial charge in [0.15, 0.2) is 0 Å². The van der Waals surface area contributed by atoms with E-state index in [4.69, 9.17) is 10.00 Å². The Kier molecular flexibility index (Phi) is 2.22. The molecule has 3 nitrogen and oxygen atoms in total. The third-order valence-electron chi connectivity index (χ3n) is 2.14. The lowest BCUT2D eigenvalue weighted by molar-refractivity contribution is 0.416. The Balaban J connectivity index is 2.90. The molecular weight excluding hydrogens is 195 g/mol. The van der Waals surface area contributed by atoms with Crippen LogP contribution in [0.15, 0.2) is 24.5 Å². The Bertz CT molecular complexity index is 560. The lowest BCUT2D eigenvalue weighted by Gasteiger charge is -2.05. The highest BCUT2D eigenvalue weighted by Gasteiger charge is 2.08. The molecule has 0 radical (unpaired) electrons. The Morgan fingerprint density at radius 1 is 1.33 bits per heavy atom. The molecule has 0 saturated heterocycles. The van der Waals surface area contributed by atoms with Gasteiger partial charge in [-0.3, -0.25) is 4.98 Å². The summed E-state index contributed by atoms with van der Waals surface area (Å²) in [5.74, 6) is -0.0448. The maximum absolute atomic E-state index is 13.2. The van der Waals surface area contributed by atoms with Crippen LogP contribution in [0, 0.1) is 17.1 Å². The highest BCUT2D eigenvalue weighted by Crippen LogP contribution is 2.27. The number of pyridine rings is 1. The Morgan fingerprint density at radius 2 is 2.13 bits per heavy atom. The van der Waals surface area contributed by atoms with Gasteiger partial charge in [0, 0.05) is 29.2 Å². The monoisotopic (exact) mass is 202 g/mol. The van der Waals surface area contributed by atoms with Crippen molar-refractivity contribution in [2.24, 2.45) is 0 Å². The van der Waals surface area contributed by atoms with E-state index in [2.05, 4.69) is 4.98 Å². The van der Waals surface area contributed by atoms with Gasteiger partial charge in [-0.1, -0.05) is 0 Å². The fourth-order valence-corrected chi connectivity index (χ4v) is 1.46. The summed E-state index contributed by atoms with van der Waals surface area (Å²) < 4.78 is 18.2. The van der Waals surface area contributed by atoms with Crippen LogP contribution in [0.5, 0.6) is 5.75 Å². The van der Waals surface area contributed by atoms with Crippen LogP contribution in [0.4, 0.5) is 4.39 Å². The molecule has 0 aliphatic heterocycles. The number of rotatable bonds is 1. The molecule has 2 rings (SSSR count). The van der Waals surface area contributed by atoms with Gasteiger partial charge in [0.2, 0.25) is 0 Å². The molecule has 4 heteroatoms. The van der Waals surface area contributed by atoms with E-state index in [1.807, 2.05) is 6.07 Å². The molecule has 1 aromatic carbocycles. The quantitative estimate of drug-likeness (QED) is 0.712. The zero-order valence-electron chi connectivity index (χ0n) is 7.99. The number of benzene rings is 1. The highest BCUT2D eigenvalue weighted by molar-refractivity contribution is 5.91. The van der Waals surface area contributed by atoms with Gasteiger partial charge in [-0.2, -0.15) is 5.26 Å². The fraction of sp³-hybridized carbons (Fsp3) is 0.0909. The van der Waals surface area contributed by atoms with Crippen LogP contribution in [0.3, 0.4) is 0 Å². The van der Waals surface area contributed by atoms with Crippen molar-refractivity contribution >= 4 is 10.8 Å². The van der Waals surface area contributed by atoms with Crippen LogP contribution in [-0.2, 0) is 0 Å². The van der Waals surface area contributed by atoms with Gasteiger partial charge >= 0.3 is 0 Å². The topological polar surface area (TPSA) is 45.9 Å². The number of aromatic nitrogens is 1. The van der Waals surface area contributed by atoms with E-state index in [1.165, 1.54) is 25.4 Å². The first-order chi connectivity index (χ1) is 7.26. The largest absolute Gasteiger partial charge is 0.496 e. The minimum absolute atomic E-state index is 0.338. The first-order valence-electron chi connectivity index (χ1n) is 4.27. The van der Waals surface area contributed by atoms with Crippen molar-refractivity contribution < 1.29 is 9.13 Å². The van der Waals surface area contributed by atoms with E-state index in [0.717, 1.165) is 0 Å². The minimum Gasteiger partial charge on any atom is -0.496 e. The predicted molar refractivity (Wildman–Crippen MR) is 53.0 cm³/mol. The molecule has 0 unspecified atom stereocenters. The molecule has 0 spiro atoms. The molecule has 0 saturated carbocycles. The number of nitrogens with zero attached hydrogens (tertiary/aromatic N) is 2. The maximum Gasteiger partial charge on any atom is 0.131 e. The number of nitriles is 1. The summed E-state index contributed by atoms with van der Waals surface area (Å²) in [4.78, 5) is 3.90. The number of halogens is 1. The minimum atomic E-state index is -0.429. The average Bonchev–Trinajstić information content (AvgIpc) is 2.27. The normalized spacial score (nSPS) is 9.93. The van der Waals surface area contributed by atoms with Crippen LogP contribution in [-0.4, -0.2) is 12.1 Å². The van der Waals surface area contributed by atoms with E-state index in [9.17, 15) is 4.39 Å². The number of methoxy groups -OCH3 is 1. The smallest absolute Gasteiger partial charge is 0.131 e. The van der Waals surface area contributed by atoms with Gasteiger partial charge in [-0.15, -0.1) is 0 Å². The predicted octanol–water partition coefficient (Wildman–Crippen LogP) is 2.25. The van der Waals surface area contributed by atoms with E-state index in [1.54, 1.807) is 6.20 Å². The van der Waals surface area contributed by atoms with Gasteiger partial charge < -0.3 is 4.74 Å². The van der Waals surface area contributed by atoms with Crippen LogP contribution < -0.4 is 4.74 Å². The molecule has 1 aromatic heterocycles. The van der Waals surface area contributed by atoms with Gasteiger partial charge in [-0.05, 0) is 6.07 Å². The van der Waals surface area contributed by atoms with E-state index in [-0.39, 0.29) is 0 Å². The Hall–Kier alpha value is -2.15. The standard InChI is InChI=1S/C11H7FN2O/c1-15-11-3-8(12)2-9-7(4-13)5-14-6-10(9)11/h2-3,5-6H,1H3. The van der Waals surface area contributed by atoms with Crippen LogP contribution in [0.1, 0.15) is 5.56 Å². The second-order valence-electron chi connectivity index (χ2n) is 3.00. The van der Waals surface area contributed by atoms with E-state index in [0.29, 0.717) is 22.1 Å². The molecule has 0 amide bonds. The molecule has 0 atom stereocenters. The van der Waals surface area contributed by atoms with Crippen molar-refractivity contribution in [3.63, 3.8) is 0 Å². The molecule has 0 aliphatic carbocycles. The number of fused-ring (bicyclic) bond motifs is 1. The average molecular weight is 202 g/mol. The molecular formula is C11H7FN2O. The summed E-state index contributed by atoms with van der Waals surface area (Å²) in [5, 5.41) is 9.99. The summed E-state index contributed by atoms with van der Waals surface area (Å²) in [6.45, 7) is 0. The van der Waals surface area contributed by atoms with E-state index >= 15 is 0 Å². The van der Waals surface area contributed by atoms with Crippen molar-refractivity contribution in [2.75, 3.05) is 7.11 Å². The summed E-state index contributed by atoms with van der Waals surface area (Å²) in [7, 11) is 1.45. The third-order valence-corrected chi connectivity index (χ3v) is 2.14. The molecule has 0 N–H and O–H groups in total. The van der Waals surface area contributed by atoms with Gasteiger partial charge in [0.1, 0.15) is 17.6 Å². The molecule has 2 aromatic rings. The maximum atomic E-state index is 13.2. The Labute approximate surface area is 85.7 Å². The second-order valence-corrected chi connectivity index (χ2v) is 3.00. The second kappa shape index (κ2) is 3.54. The SMILES string of the molecule is COc1cc(F)cc2c(C#N)cncc12. The van der Waals surface area contributed by atoms with Gasteiger partial charge in [0.05, 0.1) is 12.7 Å². The molecule has 1 heterocycles. The molecule has 0 bridgehead atoms. The first-order valence-corrected chi connectivity index (χ1v) is 4.27. The lowest BCUT2D eigenvalue weighted by atomic mass is 10.1. The van der Waals surface area contributed by atoms with E-state index < -0.39 is 5.82 Å². The van der Waals surface area contributed by atoms with Crippen molar-refractivity contribution in [2.45, 2.75) is 0 Å². The van der Waals surface area contributed by atoms with Crippen molar-refractivity contribution in [1.29, 1.82) is 5.26 Å². The molecule has 15 heavy (non-hydrogen) atoms. The number of hydrogen-bond donors (Lipinski definition) is 0. The molecule has 0 aliphatic rings. The zero-order chi connectivity index (χ0) is 10.8. The van der Waals surface area contributed by atoms with Gasteiger partial charge in [-0.25, -0.2) is 4.39 Å². The molecule has 0 fully saturated rings. The first kappa shape index (κ1) is 9.41. The van der Waals surface area contributed by atoms with Crippen LogP contribution in [0.25, 0.3) is 10.8 Å². The Morgan fingerprint density at radius 3 is 2.80 bits per heavy atom. The van der Waals surface area contributed by atoms with Crippen LogP contribution in [0.2, 0.25) is 0 Å². The number of ether oxygens (including phenoxy) is 1. The third kappa shape index (κ3) is 1.48. The van der Waals surface area contributed by atoms with Crippen molar-refractivity contribution in [1.82, 2.24) is 4.98 Å². The summed E-state index contributed by atoms with van der Waals surface area (Å²) >= 11 is 0. The highest BCUT2D eigenvalue weighted by atomic mass is 19.1.